The van der Waals surface area contributed by atoms with Crippen LogP contribution in [0.1, 0.15) is 21.8 Å². The lowest BCUT2D eigenvalue weighted by Gasteiger charge is -2.34. The molecule has 0 saturated carbocycles. The number of amides is 1. The molecule has 158 valence electrons. The number of nitrogens with zero attached hydrogens (tertiary/aromatic N) is 5. The van der Waals surface area contributed by atoms with Gasteiger partial charge in [-0.2, -0.15) is 9.61 Å². The third kappa shape index (κ3) is 4.01. The number of piperazine rings is 1. The van der Waals surface area contributed by atoms with Gasteiger partial charge >= 0.3 is 0 Å². The van der Waals surface area contributed by atoms with E-state index in [0.717, 1.165) is 21.8 Å². The number of aromatic nitrogens is 3. The highest BCUT2D eigenvalue weighted by Gasteiger charge is 2.24. The Morgan fingerprint density at radius 3 is 2.71 bits per heavy atom. The van der Waals surface area contributed by atoms with E-state index in [-0.39, 0.29) is 11.5 Å². The maximum Gasteiger partial charge on any atom is 0.289 e. The van der Waals surface area contributed by atoms with E-state index in [1.54, 1.807) is 23.1 Å². The van der Waals surface area contributed by atoms with Crippen LogP contribution in [0.15, 0.2) is 57.9 Å². The summed E-state index contributed by atoms with van der Waals surface area (Å²) in [7, 11) is 0. The van der Waals surface area contributed by atoms with Gasteiger partial charge in [0, 0.05) is 44.4 Å². The molecule has 0 radical (unpaired) electrons. The molecule has 1 saturated heterocycles. The fourth-order valence-electron chi connectivity index (χ4n) is 3.73. The van der Waals surface area contributed by atoms with Crippen molar-refractivity contribution in [3.63, 3.8) is 0 Å². The van der Waals surface area contributed by atoms with Gasteiger partial charge in [0.05, 0.1) is 12.0 Å². The van der Waals surface area contributed by atoms with Gasteiger partial charge in [-0.05, 0) is 25.1 Å². The van der Waals surface area contributed by atoms with Crippen molar-refractivity contribution in [2.24, 2.45) is 0 Å². The third-order valence-electron chi connectivity index (χ3n) is 5.34. The molecule has 4 heterocycles. The standard InChI is InChI=1S/C22H21N5O3S/c1-15-4-2-5-16(12-15)20-24-27-19(28)13-17(23-22(27)31-20)14-25-7-9-26(10-8-25)21(29)18-6-3-11-30-18/h2-6,11-13H,7-10,14H2,1H3. The maximum absolute atomic E-state index is 12.6. The van der Waals surface area contributed by atoms with Gasteiger partial charge in [0.1, 0.15) is 5.01 Å². The van der Waals surface area contributed by atoms with Gasteiger partial charge in [-0.3, -0.25) is 14.5 Å². The third-order valence-corrected chi connectivity index (χ3v) is 6.30. The molecule has 1 amide bonds. The second-order valence-electron chi connectivity index (χ2n) is 7.60. The van der Waals surface area contributed by atoms with Crippen LogP contribution in [0.3, 0.4) is 0 Å². The molecule has 8 nitrogen and oxygen atoms in total. The van der Waals surface area contributed by atoms with Crippen molar-refractivity contribution >= 4 is 22.2 Å². The number of hydrogen-bond acceptors (Lipinski definition) is 7. The van der Waals surface area contributed by atoms with Crippen molar-refractivity contribution in [1.82, 2.24) is 24.4 Å². The van der Waals surface area contributed by atoms with Gasteiger partial charge in [-0.25, -0.2) is 4.98 Å². The first kappa shape index (κ1) is 19.7. The molecule has 5 rings (SSSR count). The summed E-state index contributed by atoms with van der Waals surface area (Å²) in [5.41, 5.74) is 2.66. The highest BCUT2D eigenvalue weighted by molar-refractivity contribution is 7.19. The van der Waals surface area contributed by atoms with Crippen LogP contribution in [-0.4, -0.2) is 56.5 Å². The summed E-state index contributed by atoms with van der Waals surface area (Å²) >= 11 is 1.41. The molecule has 1 aliphatic rings. The second kappa shape index (κ2) is 8.09. The fourth-order valence-corrected chi connectivity index (χ4v) is 4.65. The minimum atomic E-state index is -0.179. The lowest BCUT2D eigenvalue weighted by molar-refractivity contribution is 0.0596. The minimum Gasteiger partial charge on any atom is -0.459 e. The number of fused-ring (bicyclic) bond motifs is 1. The summed E-state index contributed by atoms with van der Waals surface area (Å²) in [5, 5.41) is 5.23. The van der Waals surface area contributed by atoms with E-state index in [4.69, 9.17) is 4.42 Å². The molecule has 0 N–H and O–H groups in total. The molecule has 1 aromatic carbocycles. The van der Waals surface area contributed by atoms with Crippen molar-refractivity contribution in [2.75, 3.05) is 26.2 Å². The molecule has 1 fully saturated rings. The normalized spacial score (nSPS) is 14.9. The summed E-state index contributed by atoms with van der Waals surface area (Å²) in [5.74, 6) is 0.277. The Kier molecular flexibility index (Phi) is 5.13. The lowest BCUT2D eigenvalue weighted by atomic mass is 10.1. The van der Waals surface area contributed by atoms with Crippen LogP contribution in [0.2, 0.25) is 0 Å². The average Bonchev–Trinajstić information content (AvgIpc) is 3.44. The van der Waals surface area contributed by atoms with E-state index in [1.165, 1.54) is 22.1 Å². The number of carbonyl (C=O) groups excluding carboxylic acids is 1. The van der Waals surface area contributed by atoms with Crippen LogP contribution in [0.4, 0.5) is 0 Å². The smallest absolute Gasteiger partial charge is 0.289 e. The Hall–Kier alpha value is -3.30. The van der Waals surface area contributed by atoms with Crippen molar-refractivity contribution in [3.05, 3.63) is 76.1 Å². The van der Waals surface area contributed by atoms with Crippen LogP contribution in [0, 0.1) is 6.92 Å². The molecule has 0 bridgehead atoms. The van der Waals surface area contributed by atoms with Crippen molar-refractivity contribution in [2.45, 2.75) is 13.5 Å². The largest absolute Gasteiger partial charge is 0.459 e. The Balaban J connectivity index is 1.30. The van der Waals surface area contributed by atoms with E-state index in [9.17, 15) is 9.59 Å². The number of furan rings is 1. The summed E-state index contributed by atoms with van der Waals surface area (Å²) in [6, 6.07) is 13.0. The summed E-state index contributed by atoms with van der Waals surface area (Å²) < 4.78 is 6.58. The molecule has 1 aliphatic heterocycles. The minimum absolute atomic E-state index is 0.0872. The fraction of sp³-hybridized carbons (Fsp3) is 0.273. The average molecular weight is 436 g/mol. The zero-order valence-corrected chi connectivity index (χ0v) is 17.8. The Labute approximate surface area is 182 Å². The van der Waals surface area contributed by atoms with Crippen molar-refractivity contribution in [3.8, 4) is 10.6 Å². The van der Waals surface area contributed by atoms with Crippen LogP contribution in [0.25, 0.3) is 15.5 Å². The summed E-state index contributed by atoms with van der Waals surface area (Å²) in [4.78, 5) is 34.3. The van der Waals surface area contributed by atoms with E-state index in [2.05, 4.69) is 15.0 Å². The van der Waals surface area contributed by atoms with Crippen LogP contribution < -0.4 is 5.56 Å². The topological polar surface area (TPSA) is 84.0 Å². The van der Waals surface area contributed by atoms with Gasteiger partial charge in [0.15, 0.2) is 5.76 Å². The summed E-state index contributed by atoms with van der Waals surface area (Å²) in [6.45, 7) is 5.24. The number of benzene rings is 1. The molecular formula is C22H21N5O3S. The van der Waals surface area contributed by atoms with E-state index in [0.29, 0.717) is 43.4 Å². The zero-order valence-electron chi connectivity index (χ0n) is 17.0. The first-order valence-electron chi connectivity index (χ1n) is 10.1. The predicted molar refractivity (Wildman–Crippen MR) is 117 cm³/mol. The number of carbonyl (C=O) groups is 1. The molecule has 3 aromatic heterocycles. The van der Waals surface area contributed by atoms with Crippen LogP contribution in [-0.2, 0) is 6.54 Å². The second-order valence-corrected chi connectivity index (χ2v) is 8.56. The van der Waals surface area contributed by atoms with Gasteiger partial charge in [-0.15, -0.1) is 0 Å². The molecule has 0 unspecified atom stereocenters. The quantitative estimate of drug-likeness (QED) is 0.490. The predicted octanol–water partition coefficient (Wildman–Crippen LogP) is 2.68. The first-order chi connectivity index (χ1) is 15.1. The zero-order chi connectivity index (χ0) is 21.4. The Morgan fingerprint density at radius 1 is 1.13 bits per heavy atom. The lowest BCUT2D eigenvalue weighted by Crippen LogP contribution is -2.48. The van der Waals surface area contributed by atoms with E-state index >= 15 is 0 Å². The van der Waals surface area contributed by atoms with Crippen molar-refractivity contribution < 1.29 is 9.21 Å². The highest BCUT2D eigenvalue weighted by Crippen LogP contribution is 2.25. The molecule has 0 spiro atoms. The van der Waals surface area contributed by atoms with E-state index in [1.807, 2.05) is 31.2 Å². The molecule has 0 aliphatic carbocycles. The first-order valence-corrected chi connectivity index (χ1v) is 10.9. The summed E-state index contributed by atoms with van der Waals surface area (Å²) in [6.07, 6.45) is 1.51. The van der Waals surface area contributed by atoms with Gasteiger partial charge in [0.2, 0.25) is 4.96 Å². The monoisotopic (exact) mass is 435 g/mol. The molecule has 31 heavy (non-hydrogen) atoms. The van der Waals surface area contributed by atoms with Gasteiger partial charge < -0.3 is 9.32 Å². The number of rotatable bonds is 4. The molecule has 9 heteroatoms. The van der Waals surface area contributed by atoms with Gasteiger partial charge in [0.25, 0.3) is 11.5 Å². The molecule has 4 aromatic rings. The van der Waals surface area contributed by atoms with Gasteiger partial charge in [-0.1, -0.05) is 35.1 Å². The number of hydrogen-bond donors (Lipinski definition) is 0. The maximum atomic E-state index is 12.6. The Bertz CT molecular complexity index is 1290. The SMILES string of the molecule is Cc1cccc(-c2nn3c(=O)cc(CN4CCN(C(=O)c5ccco5)CC4)nc3s2)c1. The van der Waals surface area contributed by atoms with Crippen LogP contribution >= 0.6 is 11.3 Å². The van der Waals surface area contributed by atoms with Crippen molar-refractivity contribution in [1.29, 1.82) is 0 Å². The number of aryl methyl sites for hydroxylation is 1. The van der Waals surface area contributed by atoms with Crippen LogP contribution in [0.5, 0.6) is 0 Å². The molecular weight excluding hydrogens is 414 g/mol. The van der Waals surface area contributed by atoms with E-state index < -0.39 is 0 Å². The Morgan fingerprint density at radius 2 is 1.97 bits per heavy atom. The molecule has 0 atom stereocenters. The highest BCUT2D eigenvalue weighted by atomic mass is 32.1.